The standard InChI is InChI=1S/C30H29N5O4/c1-19(36)35(14-4-13-34(2)3)23-9-7-22(8-10-23)32-29(21-6-12-26-27(16-21)39-18-38-26)28-24-11-5-20(17-31)15-25(24)33-30(28)37/h5-12,15-16,33,37H,4,13-14,18H2,1-3H3. The summed E-state index contributed by atoms with van der Waals surface area (Å²) in [7, 11) is 4.02. The molecular weight excluding hydrogens is 494 g/mol. The van der Waals surface area contributed by atoms with Crippen LogP contribution < -0.4 is 14.4 Å². The molecule has 9 nitrogen and oxygen atoms in total. The van der Waals surface area contributed by atoms with Crippen LogP contribution in [0.5, 0.6) is 17.4 Å². The fraction of sp³-hybridized carbons (Fsp3) is 0.233. The van der Waals surface area contributed by atoms with Crippen molar-refractivity contribution in [3.63, 3.8) is 0 Å². The van der Waals surface area contributed by atoms with Crippen molar-refractivity contribution in [3.8, 4) is 23.4 Å². The number of aromatic amines is 1. The quantitative estimate of drug-likeness (QED) is 0.316. The molecule has 2 heterocycles. The maximum absolute atomic E-state index is 12.3. The molecule has 0 atom stereocenters. The monoisotopic (exact) mass is 523 g/mol. The van der Waals surface area contributed by atoms with Crippen molar-refractivity contribution in [1.29, 1.82) is 5.26 Å². The summed E-state index contributed by atoms with van der Waals surface area (Å²) in [5, 5.41) is 21.0. The zero-order valence-corrected chi connectivity index (χ0v) is 22.1. The number of aliphatic imine (C=N–C) groups is 1. The second-order valence-corrected chi connectivity index (χ2v) is 9.59. The second-order valence-electron chi connectivity index (χ2n) is 9.59. The summed E-state index contributed by atoms with van der Waals surface area (Å²) >= 11 is 0. The van der Waals surface area contributed by atoms with Crippen molar-refractivity contribution in [2.75, 3.05) is 38.9 Å². The number of aromatic nitrogens is 1. The molecule has 198 valence electrons. The first-order chi connectivity index (χ1) is 18.8. The van der Waals surface area contributed by atoms with Crippen LogP contribution in [0.3, 0.4) is 0 Å². The minimum atomic E-state index is -0.0585. The van der Waals surface area contributed by atoms with Crippen LogP contribution in [0.2, 0.25) is 0 Å². The molecule has 0 saturated carbocycles. The molecular formula is C30H29N5O4. The van der Waals surface area contributed by atoms with Gasteiger partial charge in [0.1, 0.15) is 0 Å². The van der Waals surface area contributed by atoms with Crippen molar-refractivity contribution in [2.24, 2.45) is 4.99 Å². The summed E-state index contributed by atoms with van der Waals surface area (Å²) in [6, 6.07) is 20.3. The van der Waals surface area contributed by atoms with Gasteiger partial charge in [0.2, 0.25) is 12.7 Å². The lowest BCUT2D eigenvalue weighted by Crippen LogP contribution is -2.31. The molecule has 0 bridgehead atoms. The van der Waals surface area contributed by atoms with Gasteiger partial charge in [0.15, 0.2) is 17.4 Å². The Bertz CT molecular complexity index is 1600. The van der Waals surface area contributed by atoms with Gasteiger partial charge in [0, 0.05) is 30.1 Å². The summed E-state index contributed by atoms with van der Waals surface area (Å²) in [4.78, 5) is 24.1. The topological polar surface area (TPSA) is 114 Å². The van der Waals surface area contributed by atoms with Gasteiger partial charge in [-0.3, -0.25) is 4.79 Å². The Morgan fingerprint density at radius 3 is 2.54 bits per heavy atom. The molecule has 1 aliphatic rings. The summed E-state index contributed by atoms with van der Waals surface area (Å²) in [5.74, 6) is 1.16. The van der Waals surface area contributed by atoms with Gasteiger partial charge in [-0.15, -0.1) is 0 Å². The average molecular weight is 524 g/mol. The number of aromatic hydroxyl groups is 1. The number of benzene rings is 3. The number of nitriles is 1. The highest BCUT2D eigenvalue weighted by molar-refractivity contribution is 6.22. The molecule has 1 aromatic heterocycles. The average Bonchev–Trinajstić information content (AvgIpc) is 3.52. The lowest BCUT2D eigenvalue weighted by molar-refractivity contribution is -0.116. The SMILES string of the molecule is CC(=O)N(CCCN(C)C)c1ccc(N=C(c2ccc3c(c2)OCO3)c2c(O)[nH]c3cc(C#N)ccc23)cc1. The number of nitrogens with one attached hydrogen (secondary N) is 1. The van der Waals surface area contributed by atoms with Crippen LogP contribution in [0.1, 0.15) is 30.0 Å². The third-order valence-electron chi connectivity index (χ3n) is 6.56. The third-order valence-corrected chi connectivity index (χ3v) is 6.56. The Morgan fingerprint density at radius 2 is 1.82 bits per heavy atom. The number of carbonyl (C=O) groups is 1. The molecule has 0 aliphatic carbocycles. The van der Waals surface area contributed by atoms with E-state index in [2.05, 4.69) is 16.0 Å². The van der Waals surface area contributed by atoms with E-state index in [1.807, 2.05) is 56.6 Å². The zero-order chi connectivity index (χ0) is 27.5. The third kappa shape index (κ3) is 5.42. The van der Waals surface area contributed by atoms with E-state index in [1.165, 1.54) is 0 Å². The maximum Gasteiger partial charge on any atom is 0.231 e. The van der Waals surface area contributed by atoms with E-state index >= 15 is 0 Å². The van der Waals surface area contributed by atoms with Crippen molar-refractivity contribution in [1.82, 2.24) is 9.88 Å². The Hall–Kier alpha value is -4.81. The van der Waals surface area contributed by atoms with Crippen LogP contribution >= 0.6 is 0 Å². The van der Waals surface area contributed by atoms with E-state index in [9.17, 15) is 15.2 Å². The van der Waals surface area contributed by atoms with Crippen molar-refractivity contribution in [3.05, 3.63) is 77.4 Å². The molecule has 0 saturated heterocycles. The van der Waals surface area contributed by atoms with Gasteiger partial charge < -0.3 is 29.4 Å². The normalized spacial score (nSPS) is 12.6. The van der Waals surface area contributed by atoms with E-state index in [-0.39, 0.29) is 18.6 Å². The molecule has 0 unspecified atom stereocenters. The minimum absolute atomic E-state index is 0.0218. The van der Waals surface area contributed by atoms with Crippen LogP contribution in [0, 0.1) is 11.3 Å². The molecule has 4 aromatic rings. The molecule has 0 radical (unpaired) electrons. The van der Waals surface area contributed by atoms with Gasteiger partial charge in [0.25, 0.3) is 0 Å². The van der Waals surface area contributed by atoms with Gasteiger partial charge in [-0.2, -0.15) is 5.26 Å². The molecule has 0 fully saturated rings. The molecule has 5 rings (SSSR count). The van der Waals surface area contributed by atoms with Gasteiger partial charge in [-0.25, -0.2) is 4.99 Å². The highest BCUT2D eigenvalue weighted by Gasteiger charge is 2.22. The first-order valence-electron chi connectivity index (χ1n) is 12.6. The zero-order valence-electron chi connectivity index (χ0n) is 22.1. The number of rotatable bonds is 8. The van der Waals surface area contributed by atoms with Crippen molar-refractivity contribution in [2.45, 2.75) is 13.3 Å². The number of amides is 1. The number of hydrogen-bond donors (Lipinski definition) is 2. The van der Waals surface area contributed by atoms with E-state index in [0.29, 0.717) is 46.1 Å². The van der Waals surface area contributed by atoms with E-state index < -0.39 is 0 Å². The van der Waals surface area contributed by atoms with Crippen molar-refractivity contribution < 1.29 is 19.4 Å². The predicted octanol–water partition coefficient (Wildman–Crippen LogP) is 4.95. The molecule has 1 amide bonds. The molecule has 39 heavy (non-hydrogen) atoms. The summed E-state index contributed by atoms with van der Waals surface area (Å²) in [6.07, 6.45) is 0.855. The van der Waals surface area contributed by atoms with Gasteiger partial charge in [0.05, 0.1) is 34.1 Å². The van der Waals surface area contributed by atoms with Crippen LogP contribution in [-0.2, 0) is 4.79 Å². The number of nitrogens with zero attached hydrogens (tertiary/aromatic N) is 4. The first kappa shape index (κ1) is 25.8. The first-order valence-corrected chi connectivity index (χ1v) is 12.6. The van der Waals surface area contributed by atoms with Crippen LogP contribution in [-0.4, -0.2) is 60.6 Å². The molecule has 9 heteroatoms. The molecule has 2 N–H and O–H groups in total. The van der Waals surface area contributed by atoms with Gasteiger partial charge >= 0.3 is 0 Å². The van der Waals surface area contributed by atoms with E-state index in [0.717, 1.165) is 29.6 Å². The van der Waals surface area contributed by atoms with Crippen molar-refractivity contribution >= 4 is 33.9 Å². The molecule has 3 aromatic carbocycles. The van der Waals surface area contributed by atoms with E-state index in [4.69, 9.17) is 14.5 Å². The Labute approximate surface area is 226 Å². The number of hydrogen-bond acceptors (Lipinski definition) is 7. The predicted molar refractivity (Wildman–Crippen MR) is 150 cm³/mol. The van der Waals surface area contributed by atoms with Crippen LogP contribution in [0.25, 0.3) is 10.9 Å². The fourth-order valence-corrected chi connectivity index (χ4v) is 4.65. The summed E-state index contributed by atoms with van der Waals surface area (Å²) < 4.78 is 11.1. The van der Waals surface area contributed by atoms with Gasteiger partial charge in [-0.1, -0.05) is 6.07 Å². The summed E-state index contributed by atoms with van der Waals surface area (Å²) in [6.45, 7) is 3.21. The Balaban J connectivity index is 1.57. The lowest BCUT2D eigenvalue weighted by atomic mass is 9.99. The Kier molecular flexibility index (Phi) is 7.21. The smallest absolute Gasteiger partial charge is 0.231 e. The van der Waals surface area contributed by atoms with Crippen LogP contribution in [0.4, 0.5) is 11.4 Å². The largest absolute Gasteiger partial charge is 0.494 e. The number of ether oxygens (including phenoxy) is 2. The van der Waals surface area contributed by atoms with E-state index in [1.54, 1.807) is 30.0 Å². The number of H-pyrrole nitrogens is 1. The molecule has 0 spiro atoms. The lowest BCUT2D eigenvalue weighted by Gasteiger charge is -2.22. The minimum Gasteiger partial charge on any atom is -0.494 e. The number of carbonyl (C=O) groups excluding carboxylic acids is 1. The summed E-state index contributed by atoms with van der Waals surface area (Å²) in [5.41, 5.74) is 4.29. The highest BCUT2D eigenvalue weighted by Crippen LogP contribution is 2.37. The Morgan fingerprint density at radius 1 is 1.05 bits per heavy atom. The number of fused-ring (bicyclic) bond motifs is 2. The maximum atomic E-state index is 12.3. The van der Waals surface area contributed by atoms with Crippen LogP contribution in [0.15, 0.2) is 65.7 Å². The highest BCUT2D eigenvalue weighted by atomic mass is 16.7. The second kappa shape index (κ2) is 10.9. The number of anilines is 1. The molecule has 1 aliphatic heterocycles. The van der Waals surface area contributed by atoms with Gasteiger partial charge in [-0.05, 0) is 81.7 Å². The fourth-order valence-electron chi connectivity index (χ4n) is 4.65.